The topological polar surface area (TPSA) is 69.5 Å². The predicted molar refractivity (Wildman–Crippen MR) is 70.0 cm³/mol. The van der Waals surface area contributed by atoms with Crippen molar-refractivity contribution in [3.05, 3.63) is 17.3 Å². The normalized spacial score (nSPS) is 10.5. The molecule has 0 radical (unpaired) electrons. The zero-order valence-electron chi connectivity index (χ0n) is 11.1. The van der Waals surface area contributed by atoms with E-state index in [1.54, 1.807) is 10.9 Å². The highest BCUT2D eigenvalue weighted by Crippen LogP contribution is 2.32. The molecule has 0 atom stereocenters. The van der Waals surface area contributed by atoms with Crippen LogP contribution in [-0.2, 0) is 11.9 Å². The number of amides is 1. The van der Waals surface area contributed by atoms with Crippen molar-refractivity contribution in [1.29, 1.82) is 0 Å². The van der Waals surface area contributed by atoms with E-state index in [1.165, 1.54) is 32.6 Å². The Bertz CT molecular complexity index is 593. The van der Waals surface area contributed by atoms with Gasteiger partial charge in [0.2, 0.25) is 5.88 Å². The molecule has 0 aliphatic rings. The highest BCUT2D eigenvalue weighted by atomic mass is 32.1. The highest BCUT2D eigenvalue weighted by molar-refractivity contribution is 7.17. The van der Waals surface area contributed by atoms with Gasteiger partial charge in [0, 0.05) is 25.9 Å². The number of carbonyl (C=O) groups is 1. The number of ether oxygens (including phenoxy) is 1. The van der Waals surface area contributed by atoms with Crippen molar-refractivity contribution in [2.24, 2.45) is 7.05 Å². The number of carbonyl (C=O) groups excluding carboxylic acids is 1. The molecule has 19 heavy (non-hydrogen) atoms. The predicted octanol–water partition coefficient (Wildman–Crippen LogP) is 1.19. The monoisotopic (exact) mass is 282 g/mol. The summed E-state index contributed by atoms with van der Waals surface area (Å²) in [4.78, 5) is 21.6. The van der Waals surface area contributed by atoms with Crippen molar-refractivity contribution in [2.75, 3.05) is 21.3 Å². The zero-order valence-corrected chi connectivity index (χ0v) is 11.9. The molecule has 0 N–H and O–H groups in total. The van der Waals surface area contributed by atoms with Gasteiger partial charge in [-0.2, -0.15) is 5.10 Å². The molecule has 1 amide bonds. The minimum absolute atomic E-state index is 0.290. The fraction of sp³-hybridized carbons (Fsp3) is 0.364. The molecule has 0 bridgehead atoms. The molecule has 0 fully saturated rings. The zero-order chi connectivity index (χ0) is 14.0. The summed E-state index contributed by atoms with van der Waals surface area (Å²) in [6.07, 6.45) is 3.51. The van der Waals surface area contributed by atoms with Crippen molar-refractivity contribution in [3.63, 3.8) is 0 Å². The van der Waals surface area contributed by atoms with Crippen LogP contribution in [0.15, 0.2) is 12.4 Å². The third-order valence-electron chi connectivity index (χ3n) is 2.50. The van der Waals surface area contributed by atoms with Crippen LogP contribution in [-0.4, -0.2) is 47.0 Å². The van der Waals surface area contributed by atoms with Crippen molar-refractivity contribution < 1.29 is 14.4 Å². The maximum absolute atomic E-state index is 12.1. The Kier molecular flexibility index (Phi) is 3.82. The van der Waals surface area contributed by atoms with E-state index in [2.05, 4.69) is 10.1 Å². The summed E-state index contributed by atoms with van der Waals surface area (Å²) in [7, 11) is 6.25. The first-order valence-electron chi connectivity index (χ1n) is 5.42. The number of aryl methyl sites for hydroxylation is 1. The van der Waals surface area contributed by atoms with Gasteiger partial charge < -0.3 is 4.74 Å². The van der Waals surface area contributed by atoms with Crippen LogP contribution in [0.5, 0.6) is 5.88 Å². The van der Waals surface area contributed by atoms with E-state index >= 15 is 0 Å². The number of methoxy groups -OCH3 is 1. The van der Waals surface area contributed by atoms with Crippen molar-refractivity contribution in [3.8, 4) is 16.5 Å². The van der Waals surface area contributed by atoms with Crippen LogP contribution < -0.4 is 4.74 Å². The summed E-state index contributed by atoms with van der Waals surface area (Å²) in [6.45, 7) is 0. The van der Waals surface area contributed by atoms with Crippen LogP contribution in [0.25, 0.3) is 10.6 Å². The number of hydrogen-bond donors (Lipinski definition) is 0. The van der Waals surface area contributed by atoms with Gasteiger partial charge in [-0.3, -0.25) is 14.3 Å². The maximum Gasteiger partial charge on any atom is 0.292 e. The quantitative estimate of drug-likeness (QED) is 0.788. The standard InChI is InChI=1S/C11H14N4O3S/c1-14-6-7(5-12-14)10-13-9(17-3)8(19-10)11(16)15(2)18-4/h5-6H,1-4H3. The van der Waals surface area contributed by atoms with Crippen LogP contribution in [0.1, 0.15) is 9.67 Å². The van der Waals surface area contributed by atoms with Crippen LogP contribution in [0.2, 0.25) is 0 Å². The van der Waals surface area contributed by atoms with E-state index < -0.39 is 0 Å². The lowest BCUT2D eigenvalue weighted by Gasteiger charge is -2.12. The molecular weight excluding hydrogens is 268 g/mol. The molecule has 2 heterocycles. The van der Waals surface area contributed by atoms with E-state index in [0.29, 0.717) is 9.88 Å². The minimum Gasteiger partial charge on any atom is -0.480 e. The Morgan fingerprint density at radius 2 is 2.21 bits per heavy atom. The lowest BCUT2D eigenvalue weighted by atomic mass is 10.4. The van der Waals surface area contributed by atoms with Gasteiger partial charge in [0.05, 0.1) is 20.4 Å². The van der Waals surface area contributed by atoms with Gasteiger partial charge in [-0.15, -0.1) is 11.3 Å². The number of thiazole rings is 1. The van der Waals surface area contributed by atoms with Gasteiger partial charge >= 0.3 is 0 Å². The highest BCUT2D eigenvalue weighted by Gasteiger charge is 2.23. The summed E-state index contributed by atoms with van der Waals surface area (Å²) in [5.74, 6) is -0.00950. The molecule has 2 aromatic heterocycles. The van der Waals surface area contributed by atoms with Gasteiger partial charge in [-0.25, -0.2) is 10.0 Å². The molecule has 0 aliphatic carbocycles. The second kappa shape index (κ2) is 5.37. The first kappa shape index (κ1) is 13.5. The third kappa shape index (κ3) is 2.59. The number of aromatic nitrogens is 3. The van der Waals surface area contributed by atoms with E-state index in [4.69, 9.17) is 9.57 Å². The van der Waals surface area contributed by atoms with Gasteiger partial charge in [0.15, 0.2) is 4.88 Å². The fourth-order valence-corrected chi connectivity index (χ4v) is 2.44. The van der Waals surface area contributed by atoms with Crippen molar-refractivity contribution in [1.82, 2.24) is 19.8 Å². The number of hydroxylamine groups is 2. The molecule has 0 unspecified atom stereocenters. The smallest absolute Gasteiger partial charge is 0.292 e. The van der Waals surface area contributed by atoms with Gasteiger partial charge in [-0.1, -0.05) is 0 Å². The SMILES string of the molecule is COc1nc(-c2cnn(C)c2)sc1C(=O)N(C)OC. The van der Waals surface area contributed by atoms with Crippen molar-refractivity contribution in [2.45, 2.75) is 0 Å². The summed E-state index contributed by atoms with van der Waals surface area (Å²) in [6, 6.07) is 0. The molecular formula is C11H14N4O3S. The van der Waals surface area contributed by atoms with Gasteiger partial charge in [-0.05, 0) is 0 Å². The number of nitrogens with zero attached hydrogens (tertiary/aromatic N) is 4. The molecule has 2 aromatic rings. The summed E-state index contributed by atoms with van der Waals surface area (Å²) >= 11 is 1.24. The van der Waals surface area contributed by atoms with E-state index in [0.717, 1.165) is 10.6 Å². The first-order valence-corrected chi connectivity index (χ1v) is 6.24. The first-order chi connectivity index (χ1) is 9.06. The van der Waals surface area contributed by atoms with E-state index in [-0.39, 0.29) is 11.8 Å². The largest absolute Gasteiger partial charge is 0.480 e. The fourth-order valence-electron chi connectivity index (χ4n) is 1.46. The van der Waals surface area contributed by atoms with E-state index in [9.17, 15) is 4.79 Å². The van der Waals surface area contributed by atoms with Crippen LogP contribution in [0, 0.1) is 0 Å². The van der Waals surface area contributed by atoms with Crippen LogP contribution in [0.4, 0.5) is 0 Å². The number of rotatable bonds is 4. The Morgan fingerprint density at radius 1 is 1.47 bits per heavy atom. The molecule has 0 spiro atoms. The second-order valence-electron chi connectivity index (χ2n) is 3.75. The summed E-state index contributed by atoms with van der Waals surface area (Å²) in [5.41, 5.74) is 0.838. The van der Waals surface area contributed by atoms with Crippen LogP contribution in [0.3, 0.4) is 0 Å². The van der Waals surface area contributed by atoms with Crippen LogP contribution >= 0.6 is 11.3 Å². The average molecular weight is 282 g/mol. The average Bonchev–Trinajstić information content (AvgIpc) is 3.02. The van der Waals surface area contributed by atoms with E-state index in [1.807, 2.05) is 13.2 Å². The Labute approximate surface area is 114 Å². The molecule has 0 saturated carbocycles. The minimum atomic E-state index is -0.299. The molecule has 0 aliphatic heterocycles. The summed E-state index contributed by atoms with van der Waals surface area (Å²) in [5, 5.41) is 5.88. The number of hydrogen-bond acceptors (Lipinski definition) is 6. The van der Waals surface area contributed by atoms with Gasteiger partial charge in [0.25, 0.3) is 5.91 Å². The Hall–Kier alpha value is -1.93. The Balaban J connectivity index is 2.40. The summed E-state index contributed by atoms with van der Waals surface area (Å²) < 4.78 is 6.81. The third-order valence-corrected chi connectivity index (χ3v) is 3.57. The molecule has 8 heteroatoms. The Morgan fingerprint density at radius 3 is 2.74 bits per heavy atom. The molecule has 0 aromatic carbocycles. The second-order valence-corrected chi connectivity index (χ2v) is 4.74. The lowest BCUT2D eigenvalue weighted by Crippen LogP contribution is -2.24. The molecule has 2 rings (SSSR count). The van der Waals surface area contributed by atoms with Crippen molar-refractivity contribution >= 4 is 17.2 Å². The maximum atomic E-state index is 12.1. The van der Waals surface area contributed by atoms with Gasteiger partial charge in [0.1, 0.15) is 5.01 Å². The lowest BCUT2D eigenvalue weighted by molar-refractivity contribution is -0.0755. The molecule has 0 saturated heterocycles. The molecule has 102 valence electrons. The molecule has 7 nitrogen and oxygen atoms in total.